The highest BCUT2D eigenvalue weighted by Crippen LogP contribution is 2.91. The molecule has 16 atom stereocenters. The number of carbonyl (C=O) groups is 1. The normalized spacial score (nSPS) is 51.7. The van der Waals surface area contributed by atoms with Crippen molar-refractivity contribution in [2.24, 2.45) is 50.7 Å². The van der Waals surface area contributed by atoms with Crippen LogP contribution in [0.25, 0.3) is 0 Å². The highest BCUT2D eigenvalue weighted by Gasteiger charge is 2.85. The molecule has 1 heterocycles. The zero-order chi connectivity index (χ0) is 34.0. The van der Waals surface area contributed by atoms with Crippen LogP contribution >= 0.6 is 0 Å². The molecule has 5 aliphatic carbocycles. The van der Waals surface area contributed by atoms with Crippen LogP contribution in [0.5, 0.6) is 0 Å². The molecule has 0 bridgehead atoms. The second-order valence-electron chi connectivity index (χ2n) is 18.1. The van der Waals surface area contributed by atoms with Gasteiger partial charge in [0.15, 0.2) is 6.29 Å². The SMILES string of the molecule is C[C@@H](CC(O)C(O)C(C)(C)O)C1CCC23CC12CCC1[C@@]2(C)CCC(=O)C(C)(C)C2CC(OC2OC(CO)C(O)C(O)C2O)[C@]13C. The Morgan fingerprint density at radius 2 is 1.65 bits per heavy atom. The van der Waals surface area contributed by atoms with E-state index >= 15 is 0 Å². The first-order chi connectivity index (χ1) is 21.2. The molecule has 264 valence electrons. The summed E-state index contributed by atoms with van der Waals surface area (Å²) in [6.45, 7) is 13.5. The van der Waals surface area contributed by atoms with E-state index in [0.717, 1.165) is 38.5 Å². The van der Waals surface area contributed by atoms with Gasteiger partial charge in [-0.15, -0.1) is 0 Å². The van der Waals surface area contributed by atoms with E-state index in [9.17, 15) is 40.5 Å². The lowest BCUT2D eigenvalue weighted by molar-refractivity contribution is -0.341. The second-order valence-corrected chi connectivity index (χ2v) is 18.1. The van der Waals surface area contributed by atoms with Crippen molar-refractivity contribution in [1.82, 2.24) is 0 Å². The average Bonchev–Trinajstić information content (AvgIpc) is 3.55. The van der Waals surface area contributed by atoms with Gasteiger partial charge in [0.05, 0.1) is 24.4 Å². The lowest BCUT2D eigenvalue weighted by Gasteiger charge is -2.68. The molecule has 6 fully saturated rings. The lowest BCUT2D eigenvalue weighted by Crippen LogP contribution is -2.68. The van der Waals surface area contributed by atoms with Crippen LogP contribution in [-0.2, 0) is 14.3 Å². The standard InChI is InChI=1S/C36H60O10/c1-18(14-20(38)29(43)32(4,5)44)19-8-13-36-17-35(19,36)12-9-22-33(6)11-10-24(39)31(2,3)23(33)15-25(34(22,36)7)46-30-28(42)27(41)26(40)21(16-37)45-30/h18-23,25-30,37-38,40-44H,8-17H2,1-7H3/t18-,19?,20?,21?,22?,23?,25?,26?,27?,28?,29?,30?,33+,34-,35?,36?/m0/s1. The van der Waals surface area contributed by atoms with Crippen molar-refractivity contribution in [2.75, 3.05) is 6.61 Å². The van der Waals surface area contributed by atoms with Gasteiger partial charge in [-0.05, 0) is 105 Å². The molecule has 5 saturated carbocycles. The van der Waals surface area contributed by atoms with Crippen LogP contribution in [0, 0.1) is 50.7 Å². The van der Waals surface area contributed by atoms with Gasteiger partial charge in [-0.1, -0.05) is 34.6 Å². The van der Waals surface area contributed by atoms with Gasteiger partial charge < -0.3 is 45.2 Å². The Labute approximate surface area is 273 Å². The molecule has 1 saturated heterocycles. The molecule has 0 amide bonds. The molecule has 6 rings (SSSR count). The first-order valence-electron chi connectivity index (χ1n) is 17.8. The number of ether oxygens (including phenoxy) is 2. The van der Waals surface area contributed by atoms with Crippen molar-refractivity contribution < 1.29 is 50.0 Å². The summed E-state index contributed by atoms with van der Waals surface area (Å²) in [6, 6.07) is 0. The average molecular weight is 653 g/mol. The van der Waals surface area contributed by atoms with Gasteiger partial charge >= 0.3 is 0 Å². The van der Waals surface area contributed by atoms with E-state index in [1.807, 2.05) is 0 Å². The first kappa shape index (κ1) is 35.1. The minimum atomic E-state index is -1.53. The minimum absolute atomic E-state index is 0.0390. The van der Waals surface area contributed by atoms with Crippen molar-refractivity contribution in [3.63, 3.8) is 0 Å². The molecular formula is C36H60O10. The van der Waals surface area contributed by atoms with Crippen molar-refractivity contribution in [1.29, 1.82) is 0 Å². The molecule has 10 heteroatoms. The molecule has 46 heavy (non-hydrogen) atoms. The fourth-order valence-corrected chi connectivity index (χ4v) is 12.9. The molecule has 0 aromatic carbocycles. The maximum atomic E-state index is 13.4. The second kappa shape index (κ2) is 11.2. The van der Waals surface area contributed by atoms with Crippen LogP contribution in [0.2, 0.25) is 0 Å². The van der Waals surface area contributed by atoms with Gasteiger partial charge in [-0.2, -0.15) is 0 Å². The van der Waals surface area contributed by atoms with E-state index in [2.05, 4.69) is 34.6 Å². The van der Waals surface area contributed by atoms with Crippen LogP contribution < -0.4 is 0 Å². The molecule has 13 unspecified atom stereocenters. The minimum Gasteiger partial charge on any atom is -0.394 e. The number of carbonyl (C=O) groups excluding carboxylic acids is 1. The van der Waals surface area contributed by atoms with Crippen LogP contribution in [0.3, 0.4) is 0 Å². The number of aliphatic hydroxyl groups is 7. The summed E-state index contributed by atoms with van der Waals surface area (Å²) >= 11 is 0. The number of rotatable bonds is 8. The smallest absolute Gasteiger partial charge is 0.186 e. The third-order valence-corrected chi connectivity index (χ3v) is 15.4. The van der Waals surface area contributed by atoms with E-state index in [-0.39, 0.29) is 45.2 Å². The predicted molar refractivity (Wildman–Crippen MR) is 168 cm³/mol. The summed E-state index contributed by atoms with van der Waals surface area (Å²) in [5.41, 5.74) is -2.41. The Hall–Kier alpha value is -0.690. The summed E-state index contributed by atoms with van der Waals surface area (Å²) in [6.07, 6.45) is -2.06. The monoisotopic (exact) mass is 652 g/mol. The summed E-state index contributed by atoms with van der Waals surface area (Å²) in [5.74, 6) is 1.01. The third kappa shape index (κ3) is 4.64. The summed E-state index contributed by atoms with van der Waals surface area (Å²) in [7, 11) is 0. The number of aliphatic hydroxyl groups excluding tert-OH is 6. The Morgan fingerprint density at radius 3 is 2.28 bits per heavy atom. The zero-order valence-corrected chi connectivity index (χ0v) is 28.9. The van der Waals surface area contributed by atoms with Crippen molar-refractivity contribution in [3.05, 3.63) is 0 Å². The summed E-state index contributed by atoms with van der Waals surface area (Å²) < 4.78 is 12.8. The van der Waals surface area contributed by atoms with E-state index in [0.29, 0.717) is 25.2 Å². The number of Topliss-reactive ketones (excluding diaryl/α,β-unsaturated/α-hetero) is 1. The fourth-order valence-electron chi connectivity index (χ4n) is 12.9. The van der Waals surface area contributed by atoms with Crippen LogP contribution in [-0.4, -0.2) is 103 Å². The molecule has 6 aliphatic rings. The number of ketones is 1. The highest BCUT2D eigenvalue weighted by atomic mass is 16.7. The van der Waals surface area contributed by atoms with Crippen LogP contribution in [0.15, 0.2) is 0 Å². The molecule has 1 aliphatic heterocycles. The van der Waals surface area contributed by atoms with Crippen molar-refractivity contribution in [2.45, 2.75) is 161 Å². The largest absolute Gasteiger partial charge is 0.394 e. The van der Waals surface area contributed by atoms with Gasteiger partial charge in [0.25, 0.3) is 0 Å². The van der Waals surface area contributed by atoms with E-state index in [1.54, 1.807) is 0 Å². The molecule has 0 spiro atoms. The van der Waals surface area contributed by atoms with Crippen LogP contribution in [0.4, 0.5) is 0 Å². The van der Waals surface area contributed by atoms with Gasteiger partial charge in [-0.25, -0.2) is 0 Å². The van der Waals surface area contributed by atoms with Crippen LogP contribution in [0.1, 0.15) is 106 Å². The number of hydrogen-bond donors (Lipinski definition) is 7. The van der Waals surface area contributed by atoms with Gasteiger partial charge in [0, 0.05) is 17.3 Å². The maximum Gasteiger partial charge on any atom is 0.186 e. The Kier molecular flexibility index (Phi) is 8.52. The summed E-state index contributed by atoms with van der Waals surface area (Å²) in [4.78, 5) is 13.4. The van der Waals surface area contributed by atoms with E-state index < -0.39 is 66.6 Å². The van der Waals surface area contributed by atoms with Gasteiger partial charge in [0.1, 0.15) is 36.3 Å². The number of hydrogen-bond acceptors (Lipinski definition) is 10. The highest BCUT2D eigenvalue weighted by molar-refractivity contribution is 5.85. The molecule has 7 N–H and O–H groups in total. The molecule has 0 radical (unpaired) electrons. The maximum absolute atomic E-state index is 13.4. The topological polar surface area (TPSA) is 177 Å². The molecular weight excluding hydrogens is 592 g/mol. The first-order valence-corrected chi connectivity index (χ1v) is 17.8. The Bertz CT molecular complexity index is 1180. The number of fused-ring (bicyclic) bond motifs is 3. The quantitative estimate of drug-likeness (QED) is 0.193. The summed E-state index contributed by atoms with van der Waals surface area (Å²) in [5, 5.41) is 73.9. The fraction of sp³-hybridized carbons (Fsp3) is 0.972. The molecule has 0 aromatic rings. The molecule has 0 aromatic heterocycles. The molecule has 10 nitrogen and oxygen atoms in total. The predicted octanol–water partition coefficient (Wildman–Crippen LogP) is 2.31. The Balaban J connectivity index is 1.36. The Morgan fingerprint density at radius 1 is 0.978 bits per heavy atom. The van der Waals surface area contributed by atoms with E-state index in [1.165, 1.54) is 13.8 Å². The third-order valence-electron chi connectivity index (χ3n) is 15.4. The zero-order valence-electron chi connectivity index (χ0n) is 28.9. The van der Waals surface area contributed by atoms with Crippen molar-refractivity contribution >= 4 is 5.78 Å². The van der Waals surface area contributed by atoms with Crippen molar-refractivity contribution in [3.8, 4) is 0 Å². The van der Waals surface area contributed by atoms with E-state index in [4.69, 9.17) is 9.47 Å². The lowest BCUT2D eigenvalue weighted by atomic mass is 9.37. The van der Waals surface area contributed by atoms with Gasteiger partial charge in [0.2, 0.25) is 0 Å². The van der Waals surface area contributed by atoms with Gasteiger partial charge in [-0.3, -0.25) is 4.79 Å².